The minimum absolute atomic E-state index is 0.0539. The summed E-state index contributed by atoms with van der Waals surface area (Å²) in [7, 11) is 0. The van der Waals surface area contributed by atoms with Crippen LogP contribution in [0.3, 0.4) is 0 Å². The fourth-order valence-electron chi connectivity index (χ4n) is 4.34. The molecule has 2 unspecified atom stereocenters. The van der Waals surface area contributed by atoms with Gasteiger partial charge in [-0.1, -0.05) is 12.1 Å². The van der Waals surface area contributed by atoms with E-state index in [0.717, 1.165) is 12.8 Å². The molecule has 0 radical (unpaired) electrons. The summed E-state index contributed by atoms with van der Waals surface area (Å²) in [5, 5.41) is 7.61. The van der Waals surface area contributed by atoms with Crippen LogP contribution in [0.5, 0.6) is 0 Å². The molecule has 3 aromatic rings. The highest BCUT2D eigenvalue weighted by atomic mass is 19.1. The number of benzene rings is 1. The van der Waals surface area contributed by atoms with Crippen LogP contribution >= 0.6 is 0 Å². The molecule has 0 spiro atoms. The molecule has 2 aliphatic heterocycles. The van der Waals surface area contributed by atoms with Gasteiger partial charge in [0.15, 0.2) is 11.3 Å². The molecule has 1 N–H and O–H groups in total. The summed E-state index contributed by atoms with van der Waals surface area (Å²) in [5.74, 6) is -0.0969. The Labute approximate surface area is 178 Å². The smallest absolute Gasteiger partial charge is 0.271 e. The van der Waals surface area contributed by atoms with E-state index < -0.39 is 6.17 Å². The normalized spacial score (nSPS) is 22.2. The molecule has 5 rings (SSSR count). The van der Waals surface area contributed by atoms with E-state index in [2.05, 4.69) is 15.4 Å². The zero-order valence-corrected chi connectivity index (χ0v) is 16.9. The highest BCUT2D eigenvalue weighted by Gasteiger charge is 2.34. The maximum absolute atomic E-state index is 14.4. The fraction of sp³-hybridized carbons (Fsp3) is 0.409. The van der Waals surface area contributed by atoms with Crippen LogP contribution in [-0.4, -0.2) is 52.5 Å². The number of aromatic nitrogens is 3. The number of carbonyl (C=O) groups excluding carboxylic acids is 1. The van der Waals surface area contributed by atoms with E-state index in [1.165, 1.54) is 22.8 Å². The zero-order chi connectivity index (χ0) is 21.4. The van der Waals surface area contributed by atoms with Crippen LogP contribution in [0.1, 0.15) is 41.4 Å². The first-order valence-electron chi connectivity index (χ1n) is 10.5. The molecule has 9 heteroatoms. The Morgan fingerprint density at radius 2 is 2.03 bits per heavy atom. The van der Waals surface area contributed by atoms with Gasteiger partial charge in [-0.3, -0.25) is 4.79 Å². The van der Waals surface area contributed by atoms with Crippen molar-refractivity contribution in [2.24, 2.45) is 0 Å². The molecule has 2 aliphatic rings. The number of carbonyl (C=O) groups is 1. The van der Waals surface area contributed by atoms with Crippen molar-refractivity contribution in [3.63, 3.8) is 0 Å². The van der Waals surface area contributed by atoms with Gasteiger partial charge >= 0.3 is 0 Å². The average molecular weight is 427 g/mol. The molecule has 2 fully saturated rings. The number of hydrogen-bond acceptors (Lipinski definition) is 5. The van der Waals surface area contributed by atoms with E-state index in [9.17, 15) is 13.6 Å². The largest absolute Gasteiger partial charge is 0.381 e. The van der Waals surface area contributed by atoms with Gasteiger partial charge in [0.05, 0.1) is 18.8 Å². The Kier molecular flexibility index (Phi) is 5.27. The molecular weight excluding hydrogens is 404 g/mol. The number of anilines is 1. The molecule has 0 bridgehead atoms. The van der Waals surface area contributed by atoms with E-state index in [1.54, 1.807) is 24.3 Å². The van der Waals surface area contributed by atoms with Gasteiger partial charge < -0.3 is 15.0 Å². The lowest BCUT2D eigenvalue weighted by atomic mass is 10.0. The molecule has 7 nitrogen and oxygen atoms in total. The first-order chi connectivity index (χ1) is 15.1. The fourth-order valence-corrected chi connectivity index (χ4v) is 4.34. The molecule has 0 saturated carbocycles. The van der Waals surface area contributed by atoms with E-state index >= 15 is 0 Å². The highest BCUT2D eigenvalue weighted by Crippen LogP contribution is 2.36. The molecule has 31 heavy (non-hydrogen) atoms. The predicted octanol–water partition coefficient (Wildman–Crippen LogP) is 3.07. The number of halogens is 2. The Balaban J connectivity index is 1.44. The summed E-state index contributed by atoms with van der Waals surface area (Å²) >= 11 is 0. The molecule has 0 aliphatic carbocycles. The second kappa shape index (κ2) is 8.22. The minimum atomic E-state index is -1.05. The van der Waals surface area contributed by atoms with E-state index in [1.807, 2.05) is 4.90 Å². The number of amides is 1. The van der Waals surface area contributed by atoms with Crippen LogP contribution < -0.4 is 10.2 Å². The summed E-state index contributed by atoms with van der Waals surface area (Å²) in [4.78, 5) is 18.9. The second-order valence-corrected chi connectivity index (χ2v) is 8.02. The van der Waals surface area contributed by atoms with Gasteiger partial charge in [0.25, 0.3) is 5.91 Å². The van der Waals surface area contributed by atoms with Gasteiger partial charge in [-0.2, -0.15) is 0 Å². The summed E-state index contributed by atoms with van der Waals surface area (Å²) in [5.41, 5.74) is 1.55. The third-order valence-electron chi connectivity index (χ3n) is 5.92. The molecule has 1 aromatic carbocycles. The standard InChI is InChI=1S/C22H23F2N5O2/c23-15-3-1-2-14(10-15)18-11-16(24)13-28(18)21-5-4-20-25-12-19(29(20)27-21)22(30)26-17-6-8-31-9-7-17/h1-5,10,12,16-18H,6-9,11,13H2,(H,26,30). The third kappa shape index (κ3) is 3.97. The van der Waals surface area contributed by atoms with Crippen LogP contribution in [0.4, 0.5) is 14.6 Å². The van der Waals surface area contributed by atoms with Gasteiger partial charge in [-0.25, -0.2) is 18.3 Å². The topological polar surface area (TPSA) is 71.8 Å². The van der Waals surface area contributed by atoms with Crippen LogP contribution in [0.25, 0.3) is 5.65 Å². The van der Waals surface area contributed by atoms with Gasteiger partial charge in [0.1, 0.15) is 17.8 Å². The Bertz CT molecular complexity index is 1100. The van der Waals surface area contributed by atoms with Gasteiger partial charge in [-0.15, -0.1) is 5.10 Å². The van der Waals surface area contributed by atoms with E-state index in [0.29, 0.717) is 35.9 Å². The van der Waals surface area contributed by atoms with Crippen molar-refractivity contribution in [2.45, 2.75) is 37.5 Å². The van der Waals surface area contributed by atoms with Crippen molar-refractivity contribution in [2.75, 3.05) is 24.7 Å². The van der Waals surface area contributed by atoms with Crippen LogP contribution in [-0.2, 0) is 4.74 Å². The first-order valence-corrected chi connectivity index (χ1v) is 10.5. The summed E-state index contributed by atoms with van der Waals surface area (Å²) in [6.07, 6.45) is 2.23. The van der Waals surface area contributed by atoms with Crippen molar-refractivity contribution in [3.05, 3.63) is 59.7 Å². The lowest BCUT2D eigenvalue weighted by Crippen LogP contribution is -2.39. The molecule has 162 valence electrons. The summed E-state index contributed by atoms with van der Waals surface area (Å²) in [6.45, 7) is 1.40. The number of hydrogen-bond donors (Lipinski definition) is 1. The molecule has 4 heterocycles. The lowest BCUT2D eigenvalue weighted by Gasteiger charge is -2.26. The molecule has 1 amide bonds. The van der Waals surface area contributed by atoms with Crippen LogP contribution in [0.15, 0.2) is 42.6 Å². The van der Waals surface area contributed by atoms with Gasteiger partial charge in [0.2, 0.25) is 0 Å². The van der Waals surface area contributed by atoms with Crippen molar-refractivity contribution in [1.82, 2.24) is 19.9 Å². The molecule has 2 aromatic heterocycles. The highest BCUT2D eigenvalue weighted by molar-refractivity contribution is 5.93. The molecular formula is C22H23F2N5O2. The maximum atomic E-state index is 14.4. The minimum Gasteiger partial charge on any atom is -0.381 e. The number of fused-ring (bicyclic) bond motifs is 1. The van der Waals surface area contributed by atoms with E-state index in [-0.39, 0.29) is 36.8 Å². The summed E-state index contributed by atoms with van der Waals surface area (Å²) < 4.78 is 34.9. The SMILES string of the molecule is O=C(NC1CCOCC1)c1cnc2ccc(N3CC(F)CC3c3cccc(F)c3)nn12. The Morgan fingerprint density at radius 3 is 2.84 bits per heavy atom. The number of rotatable bonds is 4. The predicted molar refractivity (Wildman–Crippen MR) is 110 cm³/mol. The molecule has 2 saturated heterocycles. The van der Waals surface area contributed by atoms with Crippen molar-refractivity contribution in [1.29, 1.82) is 0 Å². The van der Waals surface area contributed by atoms with Crippen molar-refractivity contribution >= 4 is 17.4 Å². The van der Waals surface area contributed by atoms with Crippen molar-refractivity contribution in [3.8, 4) is 0 Å². The number of nitrogens with one attached hydrogen (secondary N) is 1. The third-order valence-corrected chi connectivity index (χ3v) is 5.92. The van der Waals surface area contributed by atoms with Crippen molar-refractivity contribution < 1.29 is 18.3 Å². The van der Waals surface area contributed by atoms with Crippen LogP contribution in [0, 0.1) is 5.82 Å². The first kappa shape index (κ1) is 19.9. The number of nitrogens with zero attached hydrogens (tertiary/aromatic N) is 4. The summed E-state index contributed by atoms with van der Waals surface area (Å²) in [6, 6.07) is 9.44. The van der Waals surface area contributed by atoms with Gasteiger partial charge in [-0.05, 0) is 42.7 Å². The van der Waals surface area contributed by atoms with Gasteiger partial charge in [0, 0.05) is 25.7 Å². The quantitative estimate of drug-likeness (QED) is 0.693. The second-order valence-electron chi connectivity index (χ2n) is 8.02. The average Bonchev–Trinajstić information content (AvgIpc) is 3.37. The lowest BCUT2D eigenvalue weighted by molar-refractivity contribution is 0.0693. The van der Waals surface area contributed by atoms with Crippen LogP contribution in [0.2, 0.25) is 0 Å². The zero-order valence-electron chi connectivity index (χ0n) is 16.9. The number of alkyl halides is 1. The Hall–Kier alpha value is -3.07. The molecule has 2 atom stereocenters. The Morgan fingerprint density at radius 1 is 1.19 bits per heavy atom. The number of ether oxygens (including phenoxy) is 1. The monoisotopic (exact) mass is 427 g/mol. The maximum Gasteiger partial charge on any atom is 0.271 e. The number of imidazole rings is 1. The van der Waals surface area contributed by atoms with E-state index in [4.69, 9.17) is 4.74 Å².